The first-order chi connectivity index (χ1) is 7.18. The molecule has 0 aliphatic heterocycles. The van der Waals surface area contributed by atoms with Crippen LogP contribution in [0.2, 0.25) is 0 Å². The van der Waals surface area contributed by atoms with Crippen LogP contribution in [0.15, 0.2) is 24.3 Å². The minimum atomic E-state index is -4.58. The molecular weight excluding hydrogens is 249 g/mol. The number of halogens is 3. The second-order valence-electron chi connectivity index (χ2n) is 2.88. The Labute approximate surface area is 89.6 Å². The minimum absolute atomic E-state index is 0.200. The van der Waals surface area contributed by atoms with Gasteiger partial charge in [-0.25, -0.2) is 4.18 Å². The van der Waals surface area contributed by atoms with E-state index in [1.807, 2.05) is 0 Å². The van der Waals surface area contributed by atoms with Crippen molar-refractivity contribution in [2.75, 3.05) is 0 Å². The molecule has 0 amide bonds. The molecule has 0 saturated heterocycles. The van der Waals surface area contributed by atoms with Crippen molar-refractivity contribution in [2.45, 2.75) is 12.8 Å². The Morgan fingerprint density at radius 3 is 2.06 bits per heavy atom. The standard InChI is InChI=1S/C8H7F3O4S/c9-8(10,11)7-3-1-6(2-4-7)5-15-16(12,13)14/h1-4H,5H2,(H,12,13,14). The van der Waals surface area contributed by atoms with Gasteiger partial charge in [0.25, 0.3) is 0 Å². The van der Waals surface area contributed by atoms with Gasteiger partial charge in [0, 0.05) is 0 Å². The lowest BCUT2D eigenvalue weighted by Gasteiger charge is -2.07. The van der Waals surface area contributed by atoms with Crippen LogP contribution >= 0.6 is 0 Å². The molecule has 0 spiro atoms. The Morgan fingerprint density at radius 1 is 1.19 bits per heavy atom. The van der Waals surface area contributed by atoms with E-state index in [0.717, 1.165) is 24.3 Å². The third kappa shape index (κ3) is 4.17. The van der Waals surface area contributed by atoms with Crippen LogP contribution in [0.3, 0.4) is 0 Å². The molecule has 4 nitrogen and oxygen atoms in total. The van der Waals surface area contributed by atoms with Gasteiger partial charge in [-0.15, -0.1) is 0 Å². The second kappa shape index (κ2) is 4.40. The maximum absolute atomic E-state index is 12.1. The summed E-state index contributed by atoms with van der Waals surface area (Å²) in [6.07, 6.45) is -4.44. The van der Waals surface area contributed by atoms with Crippen molar-refractivity contribution in [3.8, 4) is 0 Å². The summed E-state index contributed by atoms with van der Waals surface area (Å²) in [6.45, 7) is -0.517. The molecule has 90 valence electrons. The van der Waals surface area contributed by atoms with Crippen LogP contribution in [0.25, 0.3) is 0 Å². The molecule has 1 N–H and O–H groups in total. The SMILES string of the molecule is O=S(=O)(O)OCc1ccc(C(F)(F)F)cc1. The molecule has 0 heterocycles. The average Bonchev–Trinajstić information content (AvgIpc) is 2.13. The summed E-state index contributed by atoms with van der Waals surface area (Å²) in [7, 11) is -4.58. The Balaban J connectivity index is 2.73. The fraction of sp³-hybridized carbons (Fsp3) is 0.250. The fourth-order valence-corrected chi connectivity index (χ4v) is 1.22. The van der Waals surface area contributed by atoms with E-state index in [0.29, 0.717) is 0 Å². The summed E-state index contributed by atoms with van der Waals surface area (Å²) >= 11 is 0. The van der Waals surface area contributed by atoms with Gasteiger partial charge < -0.3 is 0 Å². The first-order valence-electron chi connectivity index (χ1n) is 3.96. The van der Waals surface area contributed by atoms with E-state index < -0.39 is 28.7 Å². The van der Waals surface area contributed by atoms with Gasteiger partial charge in [-0.05, 0) is 17.7 Å². The van der Waals surface area contributed by atoms with Gasteiger partial charge in [-0.3, -0.25) is 4.55 Å². The van der Waals surface area contributed by atoms with Crippen molar-refractivity contribution in [3.63, 3.8) is 0 Å². The molecule has 0 atom stereocenters. The van der Waals surface area contributed by atoms with Crippen molar-refractivity contribution in [1.29, 1.82) is 0 Å². The van der Waals surface area contributed by atoms with Crippen LogP contribution in [0, 0.1) is 0 Å². The van der Waals surface area contributed by atoms with E-state index in [2.05, 4.69) is 4.18 Å². The van der Waals surface area contributed by atoms with Crippen molar-refractivity contribution in [2.24, 2.45) is 0 Å². The molecular formula is C8H7F3O4S. The highest BCUT2D eigenvalue weighted by molar-refractivity contribution is 7.80. The summed E-state index contributed by atoms with van der Waals surface area (Å²) in [4.78, 5) is 0. The van der Waals surface area contributed by atoms with Gasteiger partial charge in [0.15, 0.2) is 0 Å². The zero-order valence-electron chi connectivity index (χ0n) is 7.73. The Morgan fingerprint density at radius 2 is 1.69 bits per heavy atom. The quantitative estimate of drug-likeness (QED) is 0.840. The third-order valence-electron chi connectivity index (χ3n) is 1.66. The molecule has 0 fully saturated rings. The van der Waals surface area contributed by atoms with E-state index >= 15 is 0 Å². The maximum atomic E-state index is 12.1. The number of hydrogen-bond acceptors (Lipinski definition) is 3. The average molecular weight is 256 g/mol. The molecule has 0 aliphatic rings. The summed E-state index contributed by atoms with van der Waals surface area (Å²) in [5.74, 6) is 0. The molecule has 0 unspecified atom stereocenters. The van der Waals surface area contributed by atoms with Crippen LogP contribution in [-0.4, -0.2) is 13.0 Å². The molecule has 0 bridgehead atoms. The molecule has 0 aromatic heterocycles. The monoisotopic (exact) mass is 256 g/mol. The lowest BCUT2D eigenvalue weighted by molar-refractivity contribution is -0.137. The number of alkyl halides is 3. The van der Waals surface area contributed by atoms with Crippen molar-refractivity contribution in [1.82, 2.24) is 0 Å². The van der Waals surface area contributed by atoms with E-state index in [-0.39, 0.29) is 5.56 Å². The van der Waals surface area contributed by atoms with E-state index in [1.54, 1.807) is 0 Å². The smallest absolute Gasteiger partial charge is 0.264 e. The highest BCUT2D eigenvalue weighted by Crippen LogP contribution is 2.29. The summed E-state index contributed by atoms with van der Waals surface area (Å²) in [5.41, 5.74) is -0.645. The molecule has 1 rings (SSSR count). The maximum Gasteiger partial charge on any atom is 0.416 e. The number of benzene rings is 1. The van der Waals surface area contributed by atoms with E-state index in [1.165, 1.54) is 0 Å². The zero-order chi connectivity index (χ0) is 12.4. The molecule has 1 aromatic rings. The van der Waals surface area contributed by atoms with Gasteiger partial charge in [0.1, 0.15) is 0 Å². The lowest BCUT2D eigenvalue weighted by atomic mass is 10.1. The van der Waals surface area contributed by atoms with Crippen LogP contribution in [0.4, 0.5) is 13.2 Å². The molecule has 16 heavy (non-hydrogen) atoms. The topological polar surface area (TPSA) is 63.6 Å². The van der Waals surface area contributed by atoms with Gasteiger partial charge >= 0.3 is 16.6 Å². The van der Waals surface area contributed by atoms with Crippen molar-refractivity contribution < 1.29 is 30.3 Å². The Bertz CT molecular complexity index is 449. The van der Waals surface area contributed by atoms with Gasteiger partial charge in [0.05, 0.1) is 12.2 Å². The first-order valence-corrected chi connectivity index (χ1v) is 5.33. The number of rotatable bonds is 3. The second-order valence-corrected chi connectivity index (χ2v) is 3.98. The van der Waals surface area contributed by atoms with Crippen molar-refractivity contribution in [3.05, 3.63) is 35.4 Å². The van der Waals surface area contributed by atoms with Crippen LogP contribution in [-0.2, 0) is 27.4 Å². The molecule has 1 aromatic carbocycles. The van der Waals surface area contributed by atoms with Gasteiger partial charge in [0.2, 0.25) is 0 Å². The normalized spacial score (nSPS) is 12.8. The van der Waals surface area contributed by atoms with Gasteiger partial charge in [-0.1, -0.05) is 12.1 Å². The van der Waals surface area contributed by atoms with Crippen LogP contribution in [0.5, 0.6) is 0 Å². The third-order valence-corrected chi connectivity index (χ3v) is 2.07. The first kappa shape index (κ1) is 12.9. The highest BCUT2D eigenvalue weighted by Gasteiger charge is 2.29. The Hall–Kier alpha value is -1.12. The van der Waals surface area contributed by atoms with Crippen LogP contribution < -0.4 is 0 Å². The predicted molar refractivity (Wildman–Crippen MR) is 47.8 cm³/mol. The van der Waals surface area contributed by atoms with Crippen LogP contribution in [0.1, 0.15) is 11.1 Å². The number of hydrogen-bond donors (Lipinski definition) is 1. The lowest BCUT2D eigenvalue weighted by Crippen LogP contribution is -2.06. The summed E-state index contributed by atoms with van der Waals surface area (Å²) < 4.78 is 69.0. The summed E-state index contributed by atoms with van der Waals surface area (Å²) in [5, 5.41) is 0. The Kier molecular flexibility index (Phi) is 3.56. The minimum Gasteiger partial charge on any atom is -0.264 e. The largest absolute Gasteiger partial charge is 0.416 e. The van der Waals surface area contributed by atoms with Crippen molar-refractivity contribution >= 4 is 10.4 Å². The molecule has 0 aliphatic carbocycles. The van der Waals surface area contributed by atoms with E-state index in [9.17, 15) is 21.6 Å². The molecule has 0 saturated carbocycles. The highest BCUT2D eigenvalue weighted by atomic mass is 32.3. The fourth-order valence-electron chi connectivity index (χ4n) is 0.932. The predicted octanol–water partition coefficient (Wildman–Crippen LogP) is 2.02. The molecule has 0 radical (unpaired) electrons. The summed E-state index contributed by atoms with van der Waals surface area (Å²) in [6, 6.07) is 3.72. The molecule has 8 heteroatoms. The van der Waals surface area contributed by atoms with Gasteiger partial charge in [-0.2, -0.15) is 21.6 Å². The van der Waals surface area contributed by atoms with E-state index in [4.69, 9.17) is 4.55 Å². The zero-order valence-corrected chi connectivity index (χ0v) is 8.55.